The molecule has 0 bridgehead atoms. The molecule has 0 aromatic heterocycles. The van der Waals surface area contributed by atoms with Crippen LogP contribution in [0.4, 0.5) is 22.4 Å². The highest BCUT2D eigenvalue weighted by Gasteiger charge is 2.62. The highest BCUT2D eigenvalue weighted by atomic mass is 35.5. The highest BCUT2D eigenvalue weighted by molar-refractivity contribution is 6.76. The SMILES string of the molecule is C[Si](C)(C)CCN(C(=O)[O-])C1CC(F)(c2ccc(C3=NOC(c4cc(Cl)c(Cl)c(Cl)c4)(C(F)(F)F)C3)cc2)C1. The number of carbonyl (C=O) groups excluding carboxylic acids is 1. The molecule has 2 aromatic rings. The zero-order valence-electron chi connectivity index (χ0n) is 21.3. The molecule has 0 spiro atoms. The van der Waals surface area contributed by atoms with E-state index in [2.05, 4.69) is 24.8 Å². The molecule has 2 aliphatic rings. The molecule has 13 heteroatoms. The normalized spacial score (nSPS) is 25.1. The van der Waals surface area contributed by atoms with Crippen molar-refractivity contribution in [1.82, 2.24) is 4.90 Å². The average Bonchev–Trinajstić information content (AvgIpc) is 3.27. The summed E-state index contributed by atoms with van der Waals surface area (Å²) in [6, 6.07) is 8.24. The van der Waals surface area contributed by atoms with E-state index in [1.807, 2.05) is 0 Å². The molecule has 0 N–H and O–H groups in total. The molecule has 1 atom stereocenters. The lowest BCUT2D eigenvalue weighted by molar-refractivity contribution is -0.275. The van der Waals surface area contributed by atoms with Gasteiger partial charge in [-0.1, -0.05) is 83.9 Å². The van der Waals surface area contributed by atoms with Gasteiger partial charge in [-0.05, 0) is 29.3 Å². The highest BCUT2D eigenvalue weighted by Crippen LogP contribution is 2.51. The molecule has 0 saturated heterocycles. The largest absolute Gasteiger partial charge is 0.530 e. The lowest BCUT2D eigenvalue weighted by Gasteiger charge is -2.48. The Morgan fingerprint density at radius 3 is 2.15 bits per heavy atom. The topological polar surface area (TPSA) is 65.0 Å². The third kappa shape index (κ3) is 5.89. The number of alkyl halides is 4. The van der Waals surface area contributed by atoms with Crippen LogP contribution in [0.15, 0.2) is 41.6 Å². The zero-order chi connectivity index (χ0) is 29.0. The van der Waals surface area contributed by atoms with E-state index in [-0.39, 0.29) is 39.2 Å². The minimum atomic E-state index is -4.87. The van der Waals surface area contributed by atoms with E-state index in [0.717, 1.165) is 18.2 Å². The number of rotatable bonds is 7. The van der Waals surface area contributed by atoms with E-state index in [9.17, 15) is 23.1 Å². The number of carbonyl (C=O) groups is 1. The lowest BCUT2D eigenvalue weighted by Crippen LogP contribution is -2.57. The van der Waals surface area contributed by atoms with Crippen molar-refractivity contribution >= 4 is 54.7 Å². The van der Waals surface area contributed by atoms with Crippen LogP contribution in [0, 0.1) is 0 Å². The van der Waals surface area contributed by atoms with Gasteiger partial charge in [0.2, 0.25) is 0 Å². The number of halogens is 7. The summed E-state index contributed by atoms with van der Waals surface area (Å²) in [7, 11) is -1.51. The fourth-order valence-corrected chi connectivity index (χ4v) is 6.34. The number of oxime groups is 1. The van der Waals surface area contributed by atoms with Crippen LogP contribution in [0.25, 0.3) is 0 Å². The molecule has 1 unspecified atom stereocenters. The number of benzene rings is 2. The molecular weight excluding hydrogens is 599 g/mol. The summed E-state index contributed by atoms with van der Waals surface area (Å²) < 4.78 is 58.5. The Balaban J connectivity index is 1.49. The monoisotopic (exact) mass is 623 g/mol. The van der Waals surface area contributed by atoms with E-state index in [1.54, 1.807) is 0 Å². The van der Waals surface area contributed by atoms with Crippen LogP contribution < -0.4 is 5.11 Å². The van der Waals surface area contributed by atoms with Crippen molar-refractivity contribution in [2.45, 2.75) is 68.4 Å². The van der Waals surface area contributed by atoms with Crippen LogP contribution in [0.5, 0.6) is 0 Å². The maximum atomic E-state index is 15.6. The third-order valence-electron chi connectivity index (χ3n) is 7.27. The second-order valence-electron chi connectivity index (χ2n) is 11.3. The van der Waals surface area contributed by atoms with Gasteiger partial charge in [-0.25, -0.2) is 4.39 Å². The Kier molecular flexibility index (Phi) is 8.01. The summed E-state index contributed by atoms with van der Waals surface area (Å²) in [5.74, 6) is 0. The predicted molar refractivity (Wildman–Crippen MR) is 144 cm³/mol. The molecule has 1 aliphatic heterocycles. The number of carboxylic acid groups (broad SMARTS) is 1. The van der Waals surface area contributed by atoms with Gasteiger partial charge in [-0.15, -0.1) is 0 Å². The van der Waals surface area contributed by atoms with Crippen molar-refractivity contribution in [3.8, 4) is 0 Å². The smallest absolute Gasteiger partial charge is 0.435 e. The van der Waals surface area contributed by atoms with Gasteiger partial charge in [0.1, 0.15) is 11.8 Å². The van der Waals surface area contributed by atoms with Crippen molar-refractivity contribution in [1.29, 1.82) is 0 Å². The first-order valence-electron chi connectivity index (χ1n) is 12.2. The van der Waals surface area contributed by atoms with Gasteiger partial charge in [0.25, 0.3) is 5.60 Å². The van der Waals surface area contributed by atoms with Crippen LogP contribution >= 0.6 is 34.8 Å². The molecule has 5 nitrogen and oxygen atoms in total. The first kappa shape index (κ1) is 30.0. The number of hydrogen-bond acceptors (Lipinski definition) is 4. The van der Waals surface area contributed by atoms with E-state index in [4.69, 9.17) is 39.6 Å². The summed E-state index contributed by atoms with van der Waals surface area (Å²) in [6.07, 6.45) is -6.89. The Hall–Kier alpha value is -2.01. The van der Waals surface area contributed by atoms with E-state index in [1.165, 1.54) is 29.2 Å². The quantitative estimate of drug-likeness (QED) is 0.182. The minimum absolute atomic E-state index is 0.00920. The summed E-state index contributed by atoms with van der Waals surface area (Å²) in [4.78, 5) is 17.9. The molecule has 1 heterocycles. The van der Waals surface area contributed by atoms with Gasteiger partial charge >= 0.3 is 6.18 Å². The summed E-state index contributed by atoms with van der Waals surface area (Å²) in [5.41, 5.74) is -4.29. The number of hydrogen-bond donors (Lipinski definition) is 0. The van der Waals surface area contributed by atoms with Gasteiger partial charge in [-0.2, -0.15) is 13.2 Å². The van der Waals surface area contributed by atoms with Crippen molar-refractivity contribution in [2.75, 3.05) is 6.54 Å². The van der Waals surface area contributed by atoms with Crippen molar-refractivity contribution in [2.24, 2.45) is 5.16 Å². The van der Waals surface area contributed by atoms with Crippen LogP contribution in [-0.2, 0) is 16.1 Å². The zero-order valence-corrected chi connectivity index (χ0v) is 24.6. The van der Waals surface area contributed by atoms with Crippen molar-refractivity contribution < 1.29 is 32.3 Å². The first-order valence-corrected chi connectivity index (χ1v) is 17.0. The number of nitrogens with zero attached hydrogens (tertiary/aromatic N) is 2. The standard InChI is InChI=1S/C26H27Cl3F4N2O3Si/c1-39(2,3)9-8-35(23(36)37)18-12-24(30,13-18)16-6-4-15(5-7-16)21-14-25(38-34-21,26(31,32)33)17-10-19(27)22(29)20(28)11-17/h4-7,10-11,18H,8-9,12-14H2,1-3H3,(H,36,37)/p-1. The molecule has 1 saturated carbocycles. The fraction of sp³-hybridized carbons (Fsp3) is 0.462. The van der Waals surface area contributed by atoms with E-state index < -0.39 is 44.1 Å². The molecule has 39 heavy (non-hydrogen) atoms. The van der Waals surface area contributed by atoms with E-state index >= 15 is 4.39 Å². The van der Waals surface area contributed by atoms with Crippen LogP contribution in [-0.4, -0.2) is 43.5 Å². The Bertz CT molecular complexity index is 1270. The molecule has 212 valence electrons. The third-order valence-corrected chi connectivity index (χ3v) is 10.2. The summed E-state index contributed by atoms with van der Waals surface area (Å²) >= 11 is 17.9. The molecule has 1 amide bonds. The Labute approximate surface area is 239 Å². The van der Waals surface area contributed by atoms with Gasteiger partial charge in [-0.3, -0.25) is 0 Å². The van der Waals surface area contributed by atoms with Crippen molar-refractivity contribution in [3.63, 3.8) is 0 Å². The second kappa shape index (κ2) is 10.4. The predicted octanol–water partition coefficient (Wildman–Crippen LogP) is 7.54. The van der Waals surface area contributed by atoms with Crippen LogP contribution in [0.1, 0.15) is 36.0 Å². The summed E-state index contributed by atoms with van der Waals surface area (Å²) in [5, 5.41) is 15.0. The first-order chi connectivity index (χ1) is 18.0. The number of amides is 1. The minimum Gasteiger partial charge on any atom is -0.530 e. The van der Waals surface area contributed by atoms with Crippen LogP contribution in [0.3, 0.4) is 0 Å². The Morgan fingerprint density at radius 1 is 1.10 bits per heavy atom. The van der Waals surface area contributed by atoms with Gasteiger partial charge in [0.15, 0.2) is 0 Å². The van der Waals surface area contributed by atoms with Gasteiger partial charge < -0.3 is 19.6 Å². The van der Waals surface area contributed by atoms with Gasteiger partial charge in [0.05, 0.1) is 20.8 Å². The maximum Gasteiger partial charge on any atom is 0.435 e. The average molecular weight is 625 g/mol. The molecule has 4 rings (SSSR count). The van der Waals surface area contributed by atoms with Gasteiger partial charge in [0, 0.05) is 45.5 Å². The molecule has 1 fully saturated rings. The fourth-order valence-electron chi connectivity index (χ4n) is 4.83. The Morgan fingerprint density at radius 2 is 1.67 bits per heavy atom. The lowest BCUT2D eigenvalue weighted by atomic mass is 9.72. The van der Waals surface area contributed by atoms with E-state index in [0.29, 0.717) is 17.7 Å². The molecule has 2 aromatic carbocycles. The maximum absolute atomic E-state index is 15.6. The molecule has 1 aliphatic carbocycles. The summed E-state index contributed by atoms with van der Waals surface area (Å²) in [6.45, 7) is 6.68. The second-order valence-corrected chi connectivity index (χ2v) is 18.1. The van der Waals surface area contributed by atoms with Crippen molar-refractivity contribution in [3.05, 3.63) is 68.2 Å². The molecular formula is C26H26Cl3F4N2O3Si-. The molecule has 0 radical (unpaired) electrons. The van der Waals surface area contributed by atoms with Crippen LogP contribution in [0.2, 0.25) is 40.8 Å².